The normalized spacial score (nSPS) is 13.2. The quantitative estimate of drug-likeness (QED) is 0.562. The van der Waals surface area contributed by atoms with Crippen LogP contribution in [0.15, 0.2) is 18.2 Å². The van der Waals surface area contributed by atoms with Gasteiger partial charge in [-0.15, -0.1) is 0 Å². The van der Waals surface area contributed by atoms with E-state index in [0.29, 0.717) is 12.8 Å². The van der Waals surface area contributed by atoms with E-state index in [2.05, 4.69) is 11.4 Å². The molecule has 0 aliphatic carbocycles. The molecule has 20 heavy (non-hydrogen) atoms. The van der Waals surface area contributed by atoms with E-state index in [9.17, 15) is 13.2 Å². The van der Waals surface area contributed by atoms with Crippen LogP contribution in [0.3, 0.4) is 0 Å². The zero-order chi connectivity index (χ0) is 15.2. The highest BCUT2D eigenvalue weighted by atomic mass is 32.2. The third-order valence-corrected chi connectivity index (χ3v) is 2.80. The molecule has 0 bridgehead atoms. The van der Waals surface area contributed by atoms with Crippen LogP contribution in [-0.4, -0.2) is 36.8 Å². The average molecular weight is 301 g/mol. The minimum Gasteiger partial charge on any atom is -0.396 e. The van der Waals surface area contributed by atoms with E-state index in [-0.39, 0.29) is 12.5 Å². The zero-order valence-corrected chi connectivity index (χ0v) is 12.1. The number of hydrogen-bond donors (Lipinski definition) is 3. The number of aliphatic hydroxyl groups is 1. The fourth-order valence-corrected chi connectivity index (χ4v) is 1.98. The highest BCUT2D eigenvalue weighted by Gasteiger charge is 2.20. The van der Waals surface area contributed by atoms with Gasteiger partial charge >= 0.3 is 0 Å². The summed E-state index contributed by atoms with van der Waals surface area (Å²) in [7, 11) is -3.67. The molecule has 0 saturated carbocycles. The van der Waals surface area contributed by atoms with E-state index < -0.39 is 10.1 Å². The number of amides is 1. The summed E-state index contributed by atoms with van der Waals surface area (Å²) in [6.45, 7) is 0.898. The molecule has 0 unspecified atom stereocenters. The van der Waals surface area contributed by atoms with Crippen molar-refractivity contribution in [1.29, 1.82) is 0 Å². The van der Waals surface area contributed by atoms with Gasteiger partial charge in [-0.25, -0.2) is 0 Å². The molecule has 0 fully saturated rings. The molecule has 0 saturated heterocycles. The summed E-state index contributed by atoms with van der Waals surface area (Å²) in [6, 6.07) is 5.86. The molecular formula is C13H19NO5S. The maximum Gasteiger partial charge on any atom is 0.261 e. The number of unbranched alkanes of at least 4 members (excludes halogenated alkanes) is 1. The fraction of sp³-hybridized carbons (Fsp3) is 0.462. The lowest BCUT2D eigenvalue weighted by Gasteiger charge is -2.05. The number of fused-ring (bicyclic) bond motifs is 1. The first-order chi connectivity index (χ1) is 9.33. The van der Waals surface area contributed by atoms with Gasteiger partial charge in [0, 0.05) is 18.7 Å². The molecule has 1 aliphatic rings. The molecule has 6 nitrogen and oxygen atoms in total. The zero-order valence-electron chi connectivity index (χ0n) is 11.3. The molecule has 0 aromatic heterocycles. The van der Waals surface area contributed by atoms with Gasteiger partial charge in [0.2, 0.25) is 0 Å². The average Bonchev–Trinajstić information content (AvgIpc) is 2.71. The van der Waals surface area contributed by atoms with Crippen LogP contribution < -0.4 is 5.32 Å². The Bertz CT molecular complexity index is 560. The summed E-state index contributed by atoms with van der Waals surface area (Å²) in [4.78, 5) is 11.4. The van der Waals surface area contributed by atoms with Gasteiger partial charge in [-0.2, -0.15) is 8.42 Å². The van der Waals surface area contributed by atoms with Gasteiger partial charge in [0.1, 0.15) is 0 Å². The molecule has 0 atom stereocenters. The minimum atomic E-state index is -3.67. The van der Waals surface area contributed by atoms with Gasteiger partial charge < -0.3 is 10.4 Å². The number of hydrogen-bond acceptors (Lipinski definition) is 4. The van der Waals surface area contributed by atoms with E-state index in [4.69, 9.17) is 9.66 Å². The van der Waals surface area contributed by atoms with Gasteiger partial charge in [-0.05, 0) is 36.5 Å². The van der Waals surface area contributed by atoms with Crippen LogP contribution in [0, 0.1) is 0 Å². The van der Waals surface area contributed by atoms with Crippen molar-refractivity contribution in [3.05, 3.63) is 34.9 Å². The van der Waals surface area contributed by atoms with Crippen molar-refractivity contribution in [2.75, 3.05) is 12.9 Å². The second-order valence-corrected chi connectivity index (χ2v) is 6.01. The minimum absolute atomic E-state index is 0.0361. The Kier molecular flexibility index (Phi) is 6.12. The van der Waals surface area contributed by atoms with Crippen LogP contribution in [-0.2, 0) is 23.1 Å². The largest absolute Gasteiger partial charge is 0.396 e. The Morgan fingerprint density at radius 1 is 1.30 bits per heavy atom. The first kappa shape index (κ1) is 16.6. The molecule has 7 heteroatoms. The van der Waals surface area contributed by atoms with Gasteiger partial charge in [-0.1, -0.05) is 12.1 Å². The number of aryl methyl sites for hydroxylation is 1. The summed E-state index contributed by atoms with van der Waals surface area (Å²) in [6.07, 6.45) is 3.46. The molecule has 0 radical (unpaired) electrons. The van der Waals surface area contributed by atoms with Crippen molar-refractivity contribution in [2.24, 2.45) is 0 Å². The lowest BCUT2D eigenvalue weighted by molar-refractivity contribution is 0.0965. The Hall–Kier alpha value is -1.44. The molecule has 1 aromatic carbocycles. The molecule has 1 amide bonds. The SMILES string of the molecule is CS(=O)(=O)O.O=C1NCc2c(CCCCO)cccc21. The molecule has 1 aliphatic heterocycles. The molecule has 112 valence electrons. The Labute approximate surface area is 118 Å². The summed E-state index contributed by atoms with van der Waals surface area (Å²) >= 11 is 0. The maximum absolute atomic E-state index is 11.4. The standard InChI is InChI=1S/C12H15NO2.CH4O3S/c14-7-2-1-4-9-5-3-6-10-11(9)8-13-12(10)15;1-5(2,3)4/h3,5-6,14H,1-2,4,7-8H2,(H,13,15);1H3,(H,2,3,4). The highest BCUT2D eigenvalue weighted by Crippen LogP contribution is 2.21. The van der Waals surface area contributed by atoms with Crippen molar-refractivity contribution >= 4 is 16.0 Å². The number of carbonyl (C=O) groups excluding carboxylic acids is 1. The number of rotatable bonds is 4. The summed E-state index contributed by atoms with van der Waals surface area (Å²) in [5, 5.41) is 11.5. The number of nitrogens with one attached hydrogen (secondary N) is 1. The van der Waals surface area contributed by atoms with Crippen molar-refractivity contribution in [3.8, 4) is 0 Å². The van der Waals surface area contributed by atoms with Crippen molar-refractivity contribution in [3.63, 3.8) is 0 Å². The first-order valence-electron chi connectivity index (χ1n) is 6.25. The van der Waals surface area contributed by atoms with Crippen LogP contribution >= 0.6 is 0 Å². The summed E-state index contributed by atoms with van der Waals surface area (Å²) < 4.78 is 25.9. The van der Waals surface area contributed by atoms with Crippen LogP contribution in [0.4, 0.5) is 0 Å². The maximum atomic E-state index is 11.4. The van der Waals surface area contributed by atoms with Crippen molar-refractivity contribution < 1.29 is 22.9 Å². The topological polar surface area (TPSA) is 104 Å². The second kappa shape index (κ2) is 7.37. The van der Waals surface area contributed by atoms with Gasteiger partial charge in [-0.3, -0.25) is 9.35 Å². The molecular weight excluding hydrogens is 282 g/mol. The predicted molar refractivity (Wildman–Crippen MR) is 75.1 cm³/mol. The van der Waals surface area contributed by atoms with E-state index in [1.165, 1.54) is 5.56 Å². The van der Waals surface area contributed by atoms with E-state index in [1.54, 1.807) is 0 Å². The van der Waals surface area contributed by atoms with Crippen molar-refractivity contribution in [1.82, 2.24) is 5.32 Å². The van der Waals surface area contributed by atoms with Crippen LogP contribution in [0.25, 0.3) is 0 Å². The molecule has 1 heterocycles. The van der Waals surface area contributed by atoms with E-state index in [1.807, 2.05) is 12.1 Å². The third kappa shape index (κ3) is 5.68. The smallest absolute Gasteiger partial charge is 0.261 e. The molecule has 0 spiro atoms. The monoisotopic (exact) mass is 301 g/mol. The van der Waals surface area contributed by atoms with Gasteiger partial charge in [0.25, 0.3) is 16.0 Å². The van der Waals surface area contributed by atoms with Crippen LogP contribution in [0.1, 0.15) is 34.3 Å². The first-order valence-corrected chi connectivity index (χ1v) is 8.10. The lowest BCUT2D eigenvalue weighted by Crippen LogP contribution is -2.12. The molecule has 2 rings (SSSR count). The molecule has 3 N–H and O–H groups in total. The number of carbonyl (C=O) groups is 1. The highest BCUT2D eigenvalue weighted by molar-refractivity contribution is 7.85. The number of benzene rings is 1. The number of aliphatic hydroxyl groups excluding tert-OH is 1. The van der Waals surface area contributed by atoms with Crippen LogP contribution in [0.2, 0.25) is 0 Å². The summed E-state index contributed by atoms with van der Waals surface area (Å²) in [5.74, 6) is 0.0361. The fourth-order valence-electron chi connectivity index (χ4n) is 1.98. The van der Waals surface area contributed by atoms with E-state index in [0.717, 1.165) is 30.4 Å². The van der Waals surface area contributed by atoms with E-state index >= 15 is 0 Å². The molecule has 1 aromatic rings. The Morgan fingerprint density at radius 2 is 1.95 bits per heavy atom. The predicted octanol–water partition coefficient (Wildman–Crippen LogP) is 0.749. The Balaban J connectivity index is 0.000000347. The summed E-state index contributed by atoms with van der Waals surface area (Å²) in [5.41, 5.74) is 3.19. The van der Waals surface area contributed by atoms with Gasteiger partial charge in [0.15, 0.2) is 0 Å². The Morgan fingerprint density at radius 3 is 2.55 bits per heavy atom. The van der Waals surface area contributed by atoms with Gasteiger partial charge in [0.05, 0.1) is 6.26 Å². The van der Waals surface area contributed by atoms with Crippen molar-refractivity contribution in [2.45, 2.75) is 25.8 Å². The lowest BCUT2D eigenvalue weighted by atomic mass is 9.99. The third-order valence-electron chi connectivity index (χ3n) is 2.80. The second-order valence-electron chi connectivity index (χ2n) is 4.54. The van der Waals surface area contributed by atoms with Crippen LogP contribution in [0.5, 0.6) is 0 Å².